The Morgan fingerprint density at radius 1 is 1.42 bits per heavy atom. The van der Waals surface area contributed by atoms with Crippen LogP contribution in [0, 0.1) is 5.92 Å². The Bertz CT molecular complexity index is 751. The van der Waals surface area contributed by atoms with Crippen molar-refractivity contribution in [2.24, 2.45) is 13.0 Å². The molecule has 3 atom stereocenters. The zero-order valence-corrected chi connectivity index (χ0v) is 16.6. The van der Waals surface area contributed by atoms with E-state index in [2.05, 4.69) is 25.9 Å². The molecule has 2 aromatic heterocycles. The number of carbonyl (C=O) groups is 1. The zero-order valence-electron chi connectivity index (χ0n) is 15.8. The molecule has 1 aliphatic heterocycles. The Labute approximate surface area is 159 Å². The van der Waals surface area contributed by atoms with Gasteiger partial charge < -0.3 is 15.2 Å². The normalized spacial score (nSPS) is 21.3. The second kappa shape index (κ2) is 7.75. The number of amides is 1. The molecule has 2 N–H and O–H groups in total. The minimum atomic E-state index is -0.328. The summed E-state index contributed by atoms with van der Waals surface area (Å²) in [6.07, 6.45) is 3.80. The first-order chi connectivity index (χ1) is 11.8. The molecule has 0 bridgehead atoms. The summed E-state index contributed by atoms with van der Waals surface area (Å²) in [4.78, 5) is 17.2. The van der Waals surface area contributed by atoms with E-state index in [1.54, 1.807) is 4.68 Å². The highest BCUT2D eigenvalue weighted by Gasteiger charge is 2.35. The van der Waals surface area contributed by atoms with Gasteiger partial charge in [-0.3, -0.25) is 9.48 Å². The van der Waals surface area contributed by atoms with Crippen LogP contribution in [0.2, 0.25) is 0 Å². The van der Waals surface area contributed by atoms with Gasteiger partial charge in [0, 0.05) is 37.7 Å². The Morgan fingerprint density at radius 3 is 2.73 bits per heavy atom. The number of halogens is 1. The van der Waals surface area contributed by atoms with Gasteiger partial charge in [-0.2, -0.15) is 10.1 Å². The lowest BCUT2D eigenvalue weighted by molar-refractivity contribution is -0.125. The molecule has 2 aromatic rings. The molecule has 26 heavy (non-hydrogen) atoms. The van der Waals surface area contributed by atoms with Crippen LogP contribution in [0.1, 0.15) is 56.9 Å². The van der Waals surface area contributed by atoms with E-state index < -0.39 is 0 Å². The van der Waals surface area contributed by atoms with Gasteiger partial charge in [-0.1, -0.05) is 25.9 Å². The van der Waals surface area contributed by atoms with Crippen molar-refractivity contribution in [3.8, 4) is 0 Å². The summed E-state index contributed by atoms with van der Waals surface area (Å²) in [5.41, 5.74) is 0.889. The van der Waals surface area contributed by atoms with E-state index >= 15 is 0 Å². The van der Waals surface area contributed by atoms with Crippen molar-refractivity contribution >= 4 is 18.3 Å². The van der Waals surface area contributed by atoms with E-state index in [4.69, 9.17) is 4.52 Å². The highest BCUT2D eigenvalue weighted by Crippen LogP contribution is 2.28. The molecule has 144 valence electrons. The van der Waals surface area contributed by atoms with Crippen molar-refractivity contribution in [3.63, 3.8) is 0 Å². The third-order valence-corrected chi connectivity index (χ3v) is 4.55. The Morgan fingerprint density at radius 2 is 2.15 bits per heavy atom. The van der Waals surface area contributed by atoms with E-state index in [0.29, 0.717) is 18.3 Å². The van der Waals surface area contributed by atoms with Crippen LogP contribution >= 0.6 is 12.4 Å². The van der Waals surface area contributed by atoms with Crippen LogP contribution in [0.25, 0.3) is 0 Å². The Kier molecular flexibility index (Phi) is 6.08. The first-order valence-electron chi connectivity index (χ1n) is 8.59. The highest BCUT2D eigenvalue weighted by atomic mass is 35.5. The van der Waals surface area contributed by atoms with Crippen LogP contribution in [-0.2, 0) is 17.3 Å². The maximum absolute atomic E-state index is 12.8. The third-order valence-electron chi connectivity index (χ3n) is 4.55. The fourth-order valence-corrected chi connectivity index (χ4v) is 3.03. The topological polar surface area (TPSA) is 97.9 Å². The van der Waals surface area contributed by atoms with E-state index in [9.17, 15) is 4.79 Å². The number of hydrogen-bond acceptors (Lipinski definition) is 6. The number of nitrogens with zero attached hydrogens (tertiary/aromatic N) is 4. The van der Waals surface area contributed by atoms with Gasteiger partial charge in [-0.15, -0.1) is 12.4 Å². The molecule has 0 aromatic carbocycles. The molecule has 1 fully saturated rings. The van der Waals surface area contributed by atoms with E-state index in [1.807, 2.05) is 47.1 Å². The molecule has 0 saturated carbocycles. The molecule has 3 rings (SSSR count). The summed E-state index contributed by atoms with van der Waals surface area (Å²) in [7, 11) is 1.88. The summed E-state index contributed by atoms with van der Waals surface area (Å²) in [6.45, 7) is 9.34. The van der Waals surface area contributed by atoms with Gasteiger partial charge in [0.25, 0.3) is 0 Å². The van der Waals surface area contributed by atoms with Gasteiger partial charge in [0.05, 0.1) is 12.1 Å². The second-order valence-corrected chi connectivity index (χ2v) is 7.76. The largest absolute Gasteiger partial charge is 0.344 e. The van der Waals surface area contributed by atoms with Crippen molar-refractivity contribution in [1.29, 1.82) is 0 Å². The van der Waals surface area contributed by atoms with Crippen molar-refractivity contribution in [2.45, 2.75) is 45.1 Å². The number of carbonyl (C=O) groups excluding carboxylic acids is 1. The van der Waals surface area contributed by atoms with Crippen LogP contribution in [0.4, 0.5) is 0 Å². The van der Waals surface area contributed by atoms with E-state index in [1.165, 1.54) is 0 Å². The monoisotopic (exact) mass is 382 g/mol. The number of aryl methyl sites for hydroxylation is 1. The first-order valence-corrected chi connectivity index (χ1v) is 8.59. The molecule has 1 aliphatic rings. The standard InChI is InChI=1S/C17H26N6O2.ClH/c1-10(15-21-16(22-25-15)17(2,3)4)20-14(24)13-8-18-7-12(13)11-6-19-23(5)9-11;/h6,9-10,12-13,18H,7-8H2,1-5H3,(H,20,24);1H/t10?,12-,13+;/m1./s1. The van der Waals surface area contributed by atoms with Crippen molar-refractivity contribution in [3.05, 3.63) is 29.7 Å². The molecule has 1 unspecified atom stereocenters. The van der Waals surface area contributed by atoms with E-state index in [0.717, 1.165) is 12.1 Å². The summed E-state index contributed by atoms with van der Waals surface area (Å²) < 4.78 is 7.09. The summed E-state index contributed by atoms with van der Waals surface area (Å²) in [5, 5.41) is 14.5. The maximum atomic E-state index is 12.8. The fraction of sp³-hybridized carbons (Fsp3) is 0.647. The Balaban J connectivity index is 0.00000243. The average molecular weight is 383 g/mol. The summed E-state index contributed by atoms with van der Waals surface area (Å²) >= 11 is 0. The lowest BCUT2D eigenvalue weighted by Gasteiger charge is -2.19. The molecule has 1 amide bonds. The SMILES string of the molecule is CC(NC(=O)[C@H]1CNC[C@@H]1c1cnn(C)c1)c1nc(C(C)(C)C)no1.Cl. The first kappa shape index (κ1) is 20.4. The number of rotatable bonds is 4. The third kappa shape index (κ3) is 4.24. The number of nitrogens with one attached hydrogen (secondary N) is 2. The zero-order chi connectivity index (χ0) is 18.2. The van der Waals surface area contributed by atoms with E-state index in [-0.39, 0.29) is 41.6 Å². The van der Waals surface area contributed by atoms with Crippen molar-refractivity contribution in [2.75, 3.05) is 13.1 Å². The highest BCUT2D eigenvalue weighted by molar-refractivity contribution is 5.85. The van der Waals surface area contributed by atoms with Crippen LogP contribution < -0.4 is 10.6 Å². The van der Waals surface area contributed by atoms with Crippen LogP contribution in [0.3, 0.4) is 0 Å². The maximum Gasteiger partial charge on any atom is 0.248 e. The van der Waals surface area contributed by atoms with Gasteiger partial charge in [-0.25, -0.2) is 0 Å². The molecular formula is C17H27ClN6O2. The smallest absolute Gasteiger partial charge is 0.248 e. The predicted molar refractivity (Wildman–Crippen MR) is 99.1 cm³/mol. The second-order valence-electron chi connectivity index (χ2n) is 7.76. The Hall–Kier alpha value is -1.93. The number of aromatic nitrogens is 4. The predicted octanol–water partition coefficient (Wildman–Crippen LogP) is 1.70. The van der Waals surface area contributed by atoms with Crippen molar-refractivity contribution in [1.82, 2.24) is 30.6 Å². The molecule has 0 radical (unpaired) electrons. The van der Waals surface area contributed by atoms with Gasteiger partial charge in [-0.05, 0) is 12.5 Å². The molecule has 9 heteroatoms. The molecule has 8 nitrogen and oxygen atoms in total. The lowest BCUT2D eigenvalue weighted by atomic mass is 9.90. The van der Waals surface area contributed by atoms with Gasteiger partial charge >= 0.3 is 0 Å². The van der Waals surface area contributed by atoms with Gasteiger partial charge in [0.2, 0.25) is 11.8 Å². The molecule has 3 heterocycles. The average Bonchev–Trinajstić information content (AvgIpc) is 3.26. The molecule has 1 saturated heterocycles. The van der Waals surface area contributed by atoms with Crippen LogP contribution in [-0.4, -0.2) is 38.9 Å². The lowest BCUT2D eigenvalue weighted by Crippen LogP contribution is -2.36. The summed E-state index contributed by atoms with van der Waals surface area (Å²) in [5.74, 6) is 1.04. The number of hydrogen-bond donors (Lipinski definition) is 2. The quantitative estimate of drug-likeness (QED) is 0.835. The minimum Gasteiger partial charge on any atom is -0.344 e. The summed E-state index contributed by atoms with van der Waals surface area (Å²) in [6, 6.07) is -0.328. The minimum absolute atomic E-state index is 0. The molecule has 0 spiro atoms. The van der Waals surface area contributed by atoms with Gasteiger partial charge in [0.1, 0.15) is 6.04 Å². The van der Waals surface area contributed by atoms with Gasteiger partial charge in [0.15, 0.2) is 5.82 Å². The molecule has 0 aliphatic carbocycles. The van der Waals surface area contributed by atoms with Crippen molar-refractivity contribution < 1.29 is 9.32 Å². The fourth-order valence-electron chi connectivity index (χ4n) is 3.03. The van der Waals surface area contributed by atoms with Crippen LogP contribution in [0.15, 0.2) is 16.9 Å². The molecular weight excluding hydrogens is 356 g/mol. The van der Waals surface area contributed by atoms with Crippen LogP contribution in [0.5, 0.6) is 0 Å².